The summed E-state index contributed by atoms with van der Waals surface area (Å²) in [7, 11) is 1.68. The number of urea groups is 1. The fraction of sp³-hybridized carbons (Fsp3) is 0.846. The quantitative estimate of drug-likeness (QED) is 0.655. The predicted octanol–water partition coefficient (Wildman–Crippen LogP) is 1.45. The molecular formula is C13H24N2O4. The van der Waals surface area contributed by atoms with E-state index in [4.69, 9.17) is 9.84 Å². The van der Waals surface area contributed by atoms with Gasteiger partial charge in [0.1, 0.15) is 0 Å². The van der Waals surface area contributed by atoms with E-state index in [9.17, 15) is 9.59 Å². The number of ether oxygens (including phenoxy) is 1. The van der Waals surface area contributed by atoms with Crippen molar-refractivity contribution in [3.8, 4) is 0 Å². The van der Waals surface area contributed by atoms with E-state index in [-0.39, 0.29) is 18.5 Å². The largest absolute Gasteiger partial charge is 0.481 e. The lowest BCUT2D eigenvalue weighted by Crippen LogP contribution is -2.43. The smallest absolute Gasteiger partial charge is 0.317 e. The Morgan fingerprint density at radius 2 is 2.16 bits per heavy atom. The van der Waals surface area contributed by atoms with Crippen LogP contribution in [0.4, 0.5) is 4.79 Å². The number of hydrogen-bond donors (Lipinski definition) is 2. The number of carboxylic acid groups (broad SMARTS) is 1. The lowest BCUT2D eigenvalue weighted by atomic mass is 10.1. The second-order valence-electron chi connectivity index (χ2n) is 4.87. The standard InChI is InChI=1S/C13H24N2O4/c1-19-9-4-2-3-7-14-13(18)15-8-5-6-11(15)10-12(16)17/h11H,2-10H2,1H3,(H,14,18)(H,16,17). The number of carboxylic acids is 1. The summed E-state index contributed by atoms with van der Waals surface area (Å²) in [4.78, 5) is 24.3. The number of hydrogen-bond acceptors (Lipinski definition) is 3. The van der Waals surface area contributed by atoms with Gasteiger partial charge in [0.05, 0.1) is 6.42 Å². The summed E-state index contributed by atoms with van der Waals surface area (Å²) in [6.07, 6.45) is 4.66. The predicted molar refractivity (Wildman–Crippen MR) is 71.1 cm³/mol. The monoisotopic (exact) mass is 272 g/mol. The zero-order valence-electron chi connectivity index (χ0n) is 11.6. The number of nitrogens with zero attached hydrogens (tertiary/aromatic N) is 1. The van der Waals surface area contributed by atoms with E-state index in [2.05, 4.69) is 5.32 Å². The van der Waals surface area contributed by atoms with Crippen LogP contribution in [0.3, 0.4) is 0 Å². The summed E-state index contributed by atoms with van der Waals surface area (Å²) in [6.45, 7) is 2.05. The van der Waals surface area contributed by atoms with Crippen molar-refractivity contribution < 1.29 is 19.4 Å². The molecule has 0 bridgehead atoms. The highest BCUT2D eigenvalue weighted by Crippen LogP contribution is 2.19. The first-order chi connectivity index (χ1) is 9.15. The number of amides is 2. The van der Waals surface area contributed by atoms with Gasteiger partial charge in [0.15, 0.2) is 0 Å². The zero-order chi connectivity index (χ0) is 14.1. The summed E-state index contributed by atoms with van der Waals surface area (Å²) < 4.78 is 4.95. The van der Waals surface area contributed by atoms with Crippen LogP contribution in [-0.2, 0) is 9.53 Å². The van der Waals surface area contributed by atoms with Gasteiger partial charge in [-0.25, -0.2) is 4.79 Å². The van der Waals surface area contributed by atoms with E-state index in [1.165, 1.54) is 0 Å². The van der Waals surface area contributed by atoms with Crippen molar-refractivity contribution in [2.75, 3.05) is 26.8 Å². The molecule has 1 unspecified atom stereocenters. The minimum atomic E-state index is -0.843. The SMILES string of the molecule is COCCCCCNC(=O)N1CCCC1CC(=O)O. The number of likely N-dealkylation sites (tertiary alicyclic amines) is 1. The molecule has 0 aromatic carbocycles. The van der Waals surface area contributed by atoms with Gasteiger partial charge in [0.25, 0.3) is 0 Å². The van der Waals surface area contributed by atoms with Gasteiger partial charge < -0.3 is 20.1 Å². The van der Waals surface area contributed by atoms with Crippen LogP contribution in [-0.4, -0.2) is 54.9 Å². The van der Waals surface area contributed by atoms with Crippen molar-refractivity contribution in [2.24, 2.45) is 0 Å². The van der Waals surface area contributed by atoms with Gasteiger partial charge in [0, 0.05) is 32.8 Å². The van der Waals surface area contributed by atoms with Crippen LogP contribution < -0.4 is 5.32 Å². The van der Waals surface area contributed by atoms with E-state index in [0.29, 0.717) is 13.1 Å². The Morgan fingerprint density at radius 3 is 2.84 bits per heavy atom. The van der Waals surface area contributed by atoms with Gasteiger partial charge >= 0.3 is 12.0 Å². The lowest BCUT2D eigenvalue weighted by molar-refractivity contribution is -0.137. The van der Waals surface area contributed by atoms with Crippen LogP contribution in [0.15, 0.2) is 0 Å². The van der Waals surface area contributed by atoms with Crippen molar-refractivity contribution in [1.29, 1.82) is 0 Å². The van der Waals surface area contributed by atoms with Gasteiger partial charge in [-0.2, -0.15) is 0 Å². The molecular weight excluding hydrogens is 248 g/mol. The molecule has 0 aromatic heterocycles. The molecule has 1 aliphatic rings. The average molecular weight is 272 g/mol. The number of nitrogens with one attached hydrogen (secondary N) is 1. The third-order valence-electron chi connectivity index (χ3n) is 3.35. The molecule has 0 aromatic rings. The summed E-state index contributed by atoms with van der Waals surface area (Å²) in [6, 6.07) is -0.276. The van der Waals surface area contributed by atoms with E-state index in [0.717, 1.165) is 38.7 Å². The van der Waals surface area contributed by atoms with Crippen LogP contribution in [0.25, 0.3) is 0 Å². The fourth-order valence-corrected chi connectivity index (χ4v) is 2.36. The summed E-state index contributed by atoms with van der Waals surface area (Å²) in [5.74, 6) is -0.843. The summed E-state index contributed by atoms with van der Waals surface area (Å²) >= 11 is 0. The van der Waals surface area contributed by atoms with E-state index in [1.807, 2.05) is 0 Å². The van der Waals surface area contributed by atoms with Crippen LogP contribution in [0, 0.1) is 0 Å². The maximum Gasteiger partial charge on any atom is 0.317 e. The minimum Gasteiger partial charge on any atom is -0.481 e. The molecule has 1 aliphatic heterocycles. The molecule has 2 amide bonds. The molecule has 110 valence electrons. The normalized spacial score (nSPS) is 18.6. The lowest BCUT2D eigenvalue weighted by Gasteiger charge is -2.23. The molecule has 19 heavy (non-hydrogen) atoms. The molecule has 6 heteroatoms. The molecule has 1 heterocycles. The summed E-state index contributed by atoms with van der Waals surface area (Å²) in [5, 5.41) is 11.7. The number of carbonyl (C=O) groups excluding carboxylic acids is 1. The summed E-state index contributed by atoms with van der Waals surface area (Å²) in [5.41, 5.74) is 0. The average Bonchev–Trinajstić information content (AvgIpc) is 2.80. The van der Waals surface area contributed by atoms with Crippen LogP contribution >= 0.6 is 0 Å². The Hall–Kier alpha value is -1.30. The zero-order valence-corrected chi connectivity index (χ0v) is 11.6. The van der Waals surface area contributed by atoms with Gasteiger partial charge in [-0.15, -0.1) is 0 Å². The van der Waals surface area contributed by atoms with Gasteiger partial charge in [0.2, 0.25) is 0 Å². The van der Waals surface area contributed by atoms with Crippen molar-refractivity contribution >= 4 is 12.0 Å². The highest BCUT2D eigenvalue weighted by Gasteiger charge is 2.29. The van der Waals surface area contributed by atoms with Gasteiger partial charge in [-0.05, 0) is 32.1 Å². The highest BCUT2D eigenvalue weighted by atomic mass is 16.5. The van der Waals surface area contributed by atoms with Crippen LogP contribution in [0.1, 0.15) is 38.5 Å². The Morgan fingerprint density at radius 1 is 1.37 bits per heavy atom. The number of aliphatic carboxylic acids is 1. The molecule has 0 saturated carbocycles. The number of carbonyl (C=O) groups is 2. The van der Waals surface area contributed by atoms with E-state index >= 15 is 0 Å². The molecule has 6 nitrogen and oxygen atoms in total. The molecule has 1 fully saturated rings. The molecule has 0 radical (unpaired) electrons. The van der Waals surface area contributed by atoms with Crippen LogP contribution in [0.2, 0.25) is 0 Å². The molecule has 0 aliphatic carbocycles. The molecule has 1 atom stereocenters. The number of rotatable bonds is 8. The molecule has 2 N–H and O–H groups in total. The minimum absolute atomic E-state index is 0.0429. The fourth-order valence-electron chi connectivity index (χ4n) is 2.36. The van der Waals surface area contributed by atoms with Gasteiger partial charge in [-0.3, -0.25) is 4.79 Å². The third kappa shape index (κ3) is 5.92. The number of methoxy groups -OCH3 is 1. The topological polar surface area (TPSA) is 78.9 Å². The van der Waals surface area contributed by atoms with Gasteiger partial charge in [-0.1, -0.05) is 0 Å². The Kier molecular flexibility index (Phi) is 7.25. The van der Waals surface area contributed by atoms with E-state index in [1.54, 1.807) is 12.0 Å². The maximum atomic E-state index is 11.9. The first-order valence-corrected chi connectivity index (χ1v) is 6.90. The van der Waals surface area contributed by atoms with Crippen molar-refractivity contribution in [3.05, 3.63) is 0 Å². The first-order valence-electron chi connectivity index (χ1n) is 6.90. The van der Waals surface area contributed by atoms with Crippen molar-refractivity contribution in [2.45, 2.75) is 44.6 Å². The van der Waals surface area contributed by atoms with Crippen molar-refractivity contribution in [1.82, 2.24) is 10.2 Å². The Balaban J connectivity index is 2.19. The third-order valence-corrected chi connectivity index (χ3v) is 3.35. The van der Waals surface area contributed by atoms with Crippen LogP contribution in [0.5, 0.6) is 0 Å². The maximum absolute atomic E-state index is 11.9. The molecule has 0 spiro atoms. The number of unbranched alkanes of at least 4 members (excludes halogenated alkanes) is 2. The highest BCUT2D eigenvalue weighted by molar-refractivity contribution is 5.76. The van der Waals surface area contributed by atoms with Crippen molar-refractivity contribution in [3.63, 3.8) is 0 Å². The second kappa shape index (κ2) is 8.74. The first kappa shape index (κ1) is 15.8. The Bertz CT molecular complexity index is 296. The second-order valence-corrected chi connectivity index (χ2v) is 4.87. The molecule has 1 rings (SSSR count). The Labute approximate surface area is 114 Å². The molecule has 1 saturated heterocycles. The van der Waals surface area contributed by atoms with E-state index < -0.39 is 5.97 Å².